The molecule has 0 saturated heterocycles. The van der Waals surface area contributed by atoms with E-state index in [2.05, 4.69) is 0 Å². The number of hydrogen-bond donors (Lipinski definition) is 4. The van der Waals surface area contributed by atoms with E-state index < -0.39 is 41.5 Å². The molecule has 4 N–H and O–H groups in total. The van der Waals surface area contributed by atoms with E-state index in [1.807, 2.05) is 0 Å². The van der Waals surface area contributed by atoms with E-state index in [9.17, 15) is 25.9 Å². The highest BCUT2D eigenvalue weighted by Gasteiger charge is 2.28. The second kappa shape index (κ2) is 10.7. The van der Waals surface area contributed by atoms with Gasteiger partial charge in [-0.3, -0.25) is 9.11 Å². The molecule has 172 valence electrons. The third kappa shape index (κ3) is 6.78. The minimum Gasteiger partial charge on any atom is -0.492 e. The molecule has 0 fully saturated rings. The summed E-state index contributed by atoms with van der Waals surface area (Å²) in [5.41, 5.74) is 0. The van der Waals surface area contributed by atoms with E-state index in [1.54, 1.807) is 0 Å². The van der Waals surface area contributed by atoms with E-state index in [4.69, 9.17) is 24.4 Å². The van der Waals surface area contributed by atoms with Crippen molar-refractivity contribution >= 4 is 20.2 Å². The van der Waals surface area contributed by atoms with E-state index in [0.29, 0.717) is 0 Å². The predicted molar refractivity (Wildman–Crippen MR) is 107 cm³/mol. The van der Waals surface area contributed by atoms with Gasteiger partial charge in [0.15, 0.2) is 21.3 Å². The van der Waals surface area contributed by atoms with E-state index in [0.717, 1.165) is 12.1 Å². The summed E-state index contributed by atoms with van der Waals surface area (Å²) >= 11 is 0. The van der Waals surface area contributed by atoms with Crippen LogP contribution in [0.5, 0.6) is 23.0 Å². The van der Waals surface area contributed by atoms with Crippen molar-refractivity contribution in [2.24, 2.45) is 0 Å². The molecule has 0 atom stereocenters. The maximum Gasteiger partial charge on any atom is 0.301 e. The quantitative estimate of drug-likeness (QED) is 0.257. The summed E-state index contributed by atoms with van der Waals surface area (Å²) in [6.07, 6.45) is 0.381. The minimum atomic E-state index is -4.88. The molecule has 0 heterocycles. The van der Waals surface area contributed by atoms with Gasteiger partial charge in [0.25, 0.3) is 0 Å². The second-order valence-electron chi connectivity index (χ2n) is 6.07. The van der Waals surface area contributed by atoms with Crippen molar-refractivity contribution in [1.82, 2.24) is 0 Å². The lowest BCUT2D eigenvalue weighted by atomic mass is 10.3. The van der Waals surface area contributed by atoms with Gasteiger partial charge in [-0.1, -0.05) is 12.1 Å². The van der Waals surface area contributed by atoms with Gasteiger partial charge in [0.05, 0.1) is 13.2 Å². The van der Waals surface area contributed by atoms with Crippen LogP contribution in [-0.2, 0) is 20.2 Å². The highest BCUT2D eigenvalue weighted by Crippen LogP contribution is 2.40. The lowest BCUT2D eigenvalue weighted by Gasteiger charge is -2.17. The summed E-state index contributed by atoms with van der Waals surface area (Å²) in [5, 5.41) is 17.7. The van der Waals surface area contributed by atoms with Crippen LogP contribution >= 0.6 is 0 Å². The van der Waals surface area contributed by atoms with Gasteiger partial charge in [-0.25, -0.2) is 0 Å². The van der Waals surface area contributed by atoms with Crippen molar-refractivity contribution in [2.75, 3.05) is 26.4 Å². The smallest absolute Gasteiger partial charge is 0.301 e. The Morgan fingerprint density at radius 1 is 0.645 bits per heavy atom. The lowest BCUT2D eigenvalue weighted by Crippen LogP contribution is -2.09. The SMILES string of the molecule is O=S(=O)(O)c1c(OCCCO)cccc1Oc1cccc(OCCCO)c1S(=O)(=O)O. The maximum atomic E-state index is 12.0. The molecule has 0 unspecified atom stereocenters. The minimum absolute atomic E-state index is 0.0626. The molecule has 0 radical (unpaired) electrons. The van der Waals surface area contributed by atoms with Gasteiger partial charge >= 0.3 is 20.2 Å². The fraction of sp³-hybridized carbons (Fsp3) is 0.333. The summed E-state index contributed by atoms with van der Waals surface area (Å²) in [4.78, 5) is -1.53. The van der Waals surface area contributed by atoms with Gasteiger partial charge < -0.3 is 24.4 Å². The Labute approximate surface area is 179 Å². The number of hydrogen-bond acceptors (Lipinski definition) is 9. The van der Waals surface area contributed by atoms with Crippen molar-refractivity contribution in [1.29, 1.82) is 0 Å². The Hall–Kier alpha value is -2.42. The van der Waals surface area contributed by atoms with Crippen LogP contribution in [0.2, 0.25) is 0 Å². The third-order valence-electron chi connectivity index (χ3n) is 3.74. The summed E-state index contributed by atoms with van der Waals surface area (Å²) < 4.78 is 83.1. The van der Waals surface area contributed by atoms with Crippen molar-refractivity contribution in [3.63, 3.8) is 0 Å². The first-order valence-electron chi connectivity index (χ1n) is 8.95. The van der Waals surface area contributed by atoms with Crippen LogP contribution < -0.4 is 14.2 Å². The monoisotopic (exact) mass is 478 g/mol. The van der Waals surface area contributed by atoms with Crippen LogP contribution in [0.3, 0.4) is 0 Å². The van der Waals surface area contributed by atoms with Crippen LogP contribution in [0.4, 0.5) is 0 Å². The molecular weight excluding hydrogens is 456 g/mol. The average molecular weight is 478 g/mol. The predicted octanol–water partition coefficient (Wildman–Crippen LogP) is 1.49. The Balaban J connectivity index is 2.55. The van der Waals surface area contributed by atoms with E-state index >= 15 is 0 Å². The zero-order chi connectivity index (χ0) is 23.1. The Bertz CT molecular complexity index is 1010. The molecule has 0 amide bonds. The zero-order valence-corrected chi connectivity index (χ0v) is 17.8. The van der Waals surface area contributed by atoms with Crippen molar-refractivity contribution in [3.05, 3.63) is 36.4 Å². The standard InChI is InChI=1S/C18H22O11S2/c19-9-3-11-27-13-5-1-7-15(17(13)30(21,22)23)29-16-8-2-6-14(28-12-4-10-20)18(16)31(24,25)26/h1-2,5-8,19-20H,3-4,9-12H2,(H,21,22,23)(H,24,25,26). The van der Waals surface area contributed by atoms with Crippen LogP contribution in [-0.4, -0.2) is 62.6 Å². The van der Waals surface area contributed by atoms with Crippen molar-refractivity contribution in [2.45, 2.75) is 22.6 Å². The molecule has 0 aliphatic rings. The normalized spacial score (nSPS) is 11.9. The van der Waals surface area contributed by atoms with Gasteiger partial charge in [-0.05, 0) is 24.3 Å². The first kappa shape index (κ1) is 24.8. The summed E-state index contributed by atoms with van der Waals surface area (Å²) in [6.45, 7) is -0.545. The van der Waals surface area contributed by atoms with Gasteiger partial charge in [-0.15, -0.1) is 0 Å². The number of benzene rings is 2. The molecule has 2 aromatic rings. The molecule has 13 heteroatoms. The van der Waals surface area contributed by atoms with Crippen LogP contribution in [0.25, 0.3) is 0 Å². The van der Waals surface area contributed by atoms with Gasteiger partial charge in [0, 0.05) is 26.1 Å². The highest BCUT2D eigenvalue weighted by atomic mass is 32.2. The fourth-order valence-corrected chi connectivity index (χ4v) is 3.99. The molecule has 0 aliphatic carbocycles. The lowest BCUT2D eigenvalue weighted by molar-refractivity contribution is 0.229. The van der Waals surface area contributed by atoms with Gasteiger partial charge in [0.1, 0.15) is 11.5 Å². The molecule has 0 saturated carbocycles. The molecule has 0 bridgehead atoms. The number of aliphatic hydroxyl groups is 2. The average Bonchev–Trinajstić information content (AvgIpc) is 2.67. The van der Waals surface area contributed by atoms with Crippen LogP contribution in [0.1, 0.15) is 12.8 Å². The number of ether oxygens (including phenoxy) is 3. The molecule has 2 rings (SSSR count). The Morgan fingerprint density at radius 3 is 1.32 bits per heavy atom. The first-order valence-corrected chi connectivity index (χ1v) is 11.8. The van der Waals surface area contributed by atoms with Gasteiger partial charge in [-0.2, -0.15) is 16.8 Å². The summed E-state index contributed by atoms with van der Waals surface area (Å²) in [5.74, 6) is -1.50. The molecule has 31 heavy (non-hydrogen) atoms. The van der Waals surface area contributed by atoms with Gasteiger partial charge in [0.2, 0.25) is 0 Å². The highest BCUT2D eigenvalue weighted by molar-refractivity contribution is 7.86. The summed E-state index contributed by atoms with van der Waals surface area (Å²) in [6, 6.07) is 7.46. The number of rotatable bonds is 12. The summed E-state index contributed by atoms with van der Waals surface area (Å²) in [7, 11) is -9.76. The molecule has 2 aromatic carbocycles. The largest absolute Gasteiger partial charge is 0.492 e. The topological polar surface area (TPSA) is 177 Å². The maximum absolute atomic E-state index is 12.0. The third-order valence-corrected chi connectivity index (χ3v) is 5.58. The fourth-order valence-electron chi connectivity index (χ4n) is 2.50. The van der Waals surface area contributed by atoms with Crippen LogP contribution in [0.15, 0.2) is 46.2 Å². The Kier molecular flexibility index (Phi) is 8.61. The Morgan fingerprint density at radius 2 is 1.00 bits per heavy atom. The van der Waals surface area contributed by atoms with E-state index in [-0.39, 0.29) is 50.8 Å². The molecular formula is C18H22O11S2. The zero-order valence-electron chi connectivity index (χ0n) is 16.2. The van der Waals surface area contributed by atoms with Crippen molar-refractivity contribution in [3.8, 4) is 23.0 Å². The molecule has 0 aliphatic heterocycles. The van der Waals surface area contributed by atoms with E-state index in [1.165, 1.54) is 24.3 Å². The first-order chi connectivity index (χ1) is 14.6. The molecule has 0 aromatic heterocycles. The molecule has 0 spiro atoms. The second-order valence-corrected chi connectivity index (χ2v) is 8.79. The number of aliphatic hydroxyl groups excluding tert-OH is 2. The van der Waals surface area contributed by atoms with Crippen molar-refractivity contribution < 1.29 is 50.4 Å². The van der Waals surface area contributed by atoms with Crippen LogP contribution in [0, 0.1) is 0 Å². The molecule has 11 nitrogen and oxygen atoms in total.